The van der Waals surface area contributed by atoms with Crippen LogP contribution in [0.5, 0.6) is 0 Å². The van der Waals surface area contributed by atoms with E-state index in [9.17, 15) is 0 Å². The standard InChI is InChI=1S/C11H24.C6H14/c1-3-5-7-9-11-10-8-6-4-2;1-3-5-6-4-2/h3-11H2,1-2H3;3-6H2,1-2H3. The Kier molecular flexibility index (Phi) is 24.2. The molecule has 0 spiro atoms. The van der Waals surface area contributed by atoms with Crippen LogP contribution in [0.3, 0.4) is 0 Å². The molecule has 0 unspecified atom stereocenters. The summed E-state index contributed by atoms with van der Waals surface area (Å²) in [4.78, 5) is 0. The molecule has 0 amide bonds. The maximum atomic E-state index is 2.27. The predicted octanol–water partition coefficient (Wildman–Crippen LogP) is 7.12. The molecule has 0 aromatic carbocycles. The summed E-state index contributed by atoms with van der Waals surface area (Å²) in [5.41, 5.74) is 0. The van der Waals surface area contributed by atoms with Gasteiger partial charge >= 0.3 is 0 Å². The third-order valence-corrected chi connectivity index (χ3v) is 3.16. The van der Waals surface area contributed by atoms with Gasteiger partial charge in [0.2, 0.25) is 0 Å². The van der Waals surface area contributed by atoms with Crippen LogP contribution in [0.2, 0.25) is 0 Å². The summed E-state index contributed by atoms with van der Waals surface area (Å²) in [6.07, 6.45) is 18.5. The zero-order valence-electron chi connectivity index (χ0n) is 13.2. The summed E-state index contributed by atoms with van der Waals surface area (Å²) in [7, 11) is 0. The van der Waals surface area contributed by atoms with E-state index in [1.54, 1.807) is 0 Å². The molecule has 0 aromatic rings. The van der Waals surface area contributed by atoms with Crippen LogP contribution < -0.4 is 0 Å². The van der Waals surface area contributed by atoms with Gasteiger partial charge in [-0.15, -0.1) is 0 Å². The second kappa shape index (κ2) is 21.3. The summed E-state index contributed by atoms with van der Waals surface area (Å²) in [5.74, 6) is 0. The topological polar surface area (TPSA) is 0 Å². The molecular weight excluding hydrogens is 204 g/mol. The normalized spacial score (nSPS) is 9.88. The Morgan fingerprint density at radius 1 is 0.294 bits per heavy atom. The average Bonchev–Trinajstić information content (AvgIpc) is 2.36. The summed E-state index contributed by atoms with van der Waals surface area (Å²) in [6, 6.07) is 0. The van der Waals surface area contributed by atoms with Gasteiger partial charge in [-0.2, -0.15) is 0 Å². The van der Waals surface area contributed by atoms with Crippen LogP contribution >= 0.6 is 0 Å². The van der Waals surface area contributed by atoms with E-state index >= 15 is 0 Å². The molecular formula is C17H38. The van der Waals surface area contributed by atoms with E-state index in [1.165, 1.54) is 83.5 Å². The van der Waals surface area contributed by atoms with E-state index in [0.717, 1.165) is 0 Å². The van der Waals surface area contributed by atoms with Crippen LogP contribution in [-0.4, -0.2) is 0 Å². The fraction of sp³-hybridized carbons (Fsp3) is 1.00. The summed E-state index contributed by atoms with van der Waals surface area (Å²) in [6.45, 7) is 9.01. The van der Waals surface area contributed by atoms with Crippen LogP contribution in [0.1, 0.15) is 111 Å². The monoisotopic (exact) mass is 242 g/mol. The van der Waals surface area contributed by atoms with Gasteiger partial charge < -0.3 is 0 Å². The molecule has 0 saturated heterocycles. The summed E-state index contributed by atoms with van der Waals surface area (Å²) < 4.78 is 0. The molecule has 0 radical (unpaired) electrons. The van der Waals surface area contributed by atoms with Crippen molar-refractivity contribution in [2.24, 2.45) is 0 Å². The van der Waals surface area contributed by atoms with Gasteiger partial charge in [-0.05, 0) is 0 Å². The molecule has 0 aromatic heterocycles. The van der Waals surface area contributed by atoms with Crippen LogP contribution in [0, 0.1) is 0 Å². The van der Waals surface area contributed by atoms with E-state index in [-0.39, 0.29) is 0 Å². The molecule has 0 saturated carbocycles. The van der Waals surface area contributed by atoms with E-state index < -0.39 is 0 Å². The molecule has 0 aliphatic heterocycles. The Labute approximate surface area is 112 Å². The van der Waals surface area contributed by atoms with Gasteiger partial charge in [0, 0.05) is 0 Å². The molecule has 0 nitrogen and oxygen atoms in total. The van der Waals surface area contributed by atoms with E-state index in [2.05, 4.69) is 27.7 Å². The van der Waals surface area contributed by atoms with E-state index in [0.29, 0.717) is 0 Å². The van der Waals surface area contributed by atoms with Gasteiger partial charge in [0.25, 0.3) is 0 Å². The van der Waals surface area contributed by atoms with E-state index in [4.69, 9.17) is 0 Å². The molecule has 17 heavy (non-hydrogen) atoms. The third-order valence-electron chi connectivity index (χ3n) is 3.16. The van der Waals surface area contributed by atoms with Crippen molar-refractivity contribution in [2.45, 2.75) is 111 Å². The first-order chi connectivity index (χ1) is 8.33. The van der Waals surface area contributed by atoms with Crippen LogP contribution in [-0.2, 0) is 0 Å². The minimum atomic E-state index is 1.36. The molecule has 0 heteroatoms. The van der Waals surface area contributed by atoms with Crippen molar-refractivity contribution < 1.29 is 0 Å². The zero-order valence-corrected chi connectivity index (χ0v) is 13.2. The highest BCUT2D eigenvalue weighted by Crippen LogP contribution is 2.08. The molecule has 106 valence electrons. The Hall–Kier alpha value is 0. The van der Waals surface area contributed by atoms with Crippen molar-refractivity contribution in [2.75, 3.05) is 0 Å². The lowest BCUT2D eigenvalue weighted by atomic mass is 10.1. The van der Waals surface area contributed by atoms with Gasteiger partial charge in [0.05, 0.1) is 0 Å². The van der Waals surface area contributed by atoms with Crippen molar-refractivity contribution in [1.82, 2.24) is 0 Å². The van der Waals surface area contributed by atoms with Gasteiger partial charge in [-0.25, -0.2) is 0 Å². The number of hydrogen-bond acceptors (Lipinski definition) is 0. The zero-order chi connectivity index (χ0) is 13.2. The van der Waals surface area contributed by atoms with E-state index in [1.807, 2.05) is 0 Å². The van der Waals surface area contributed by atoms with Crippen molar-refractivity contribution in [3.63, 3.8) is 0 Å². The van der Waals surface area contributed by atoms with Crippen LogP contribution in [0.25, 0.3) is 0 Å². The second-order valence-corrected chi connectivity index (χ2v) is 5.18. The molecule has 0 rings (SSSR count). The predicted molar refractivity (Wildman–Crippen MR) is 82.7 cm³/mol. The van der Waals surface area contributed by atoms with Crippen molar-refractivity contribution in [1.29, 1.82) is 0 Å². The first-order valence-electron chi connectivity index (χ1n) is 8.33. The molecule has 0 bridgehead atoms. The Morgan fingerprint density at radius 2 is 0.471 bits per heavy atom. The lowest BCUT2D eigenvalue weighted by Crippen LogP contribution is -1.79. The molecule has 0 N–H and O–H groups in total. The highest BCUT2D eigenvalue weighted by Gasteiger charge is 1.89. The maximum Gasteiger partial charge on any atom is -0.0533 e. The Balaban J connectivity index is 0. The first-order valence-corrected chi connectivity index (χ1v) is 8.33. The molecule has 0 atom stereocenters. The van der Waals surface area contributed by atoms with Crippen molar-refractivity contribution >= 4 is 0 Å². The maximum absolute atomic E-state index is 2.27. The minimum absolute atomic E-state index is 1.36. The summed E-state index contributed by atoms with van der Waals surface area (Å²) >= 11 is 0. The fourth-order valence-corrected chi connectivity index (χ4v) is 1.88. The third kappa shape index (κ3) is 25.9. The molecule has 0 aliphatic carbocycles. The van der Waals surface area contributed by atoms with Crippen molar-refractivity contribution in [3.8, 4) is 0 Å². The number of hydrogen-bond donors (Lipinski definition) is 0. The quantitative estimate of drug-likeness (QED) is 0.338. The molecule has 0 aliphatic rings. The molecule has 0 heterocycles. The minimum Gasteiger partial charge on any atom is -0.0654 e. The van der Waals surface area contributed by atoms with Crippen LogP contribution in [0.15, 0.2) is 0 Å². The van der Waals surface area contributed by atoms with Gasteiger partial charge in [-0.3, -0.25) is 0 Å². The molecule has 0 fully saturated rings. The van der Waals surface area contributed by atoms with Gasteiger partial charge in [-0.1, -0.05) is 111 Å². The van der Waals surface area contributed by atoms with Gasteiger partial charge in [0.15, 0.2) is 0 Å². The SMILES string of the molecule is CCCCCC.CCCCCCCCCCC. The summed E-state index contributed by atoms with van der Waals surface area (Å²) in [5, 5.41) is 0. The lowest BCUT2D eigenvalue weighted by Gasteiger charge is -1.98. The highest BCUT2D eigenvalue weighted by atomic mass is 13.9. The van der Waals surface area contributed by atoms with Gasteiger partial charge in [0.1, 0.15) is 0 Å². The number of rotatable bonds is 11. The lowest BCUT2D eigenvalue weighted by molar-refractivity contribution is 0.572. The second-order valence-electron chi connectivity index (χ2n) is 5.18. The Bertz CT molecular complexity index is 84.2. The largest absolute Gasteiger partial charge is 0.0654 e. The van der Waals surface area contributed by atoms with Crippen molar-refractivity contribution in [3.05, 3.63) is 0 Å². The Morgan fingerprint density at radius 3 is 0.706 bits per heavy atom. The number of unbranched alkanes of at least 4 members (excludes halogenated alkanes) is 11. The fourth-order valence-electron chi connectivity index (χ4n) is 1.88. The highest BCUT2D eigenvalue weighted by molar-refractivity contribution is 4.44. The average molecular weight is 242 g/mol. The first kappa shape index (κ1) is 19.3. The smallest absolute Gasteiger partial charge is 0.0533 e. The van der Waals surface area contributed by atoms with Crippen LogP contribution in [0.4, 0.5) is 0 Å².